The number of anilines is 6. The van der Waals surface area contributed by atoms with Gasteiger partial charge in [-0.2, -0.15) is 0 Å². The molecule has 0 aliphatic heterocycles. The van der Waals surface area contributed by atoms with Crippen molar-refractivity contribution >= 4 is 155 Å². The molecular weight excluding hydrogens is 935 g/mol. The first-order valence-electron chi connectivity index (χ1n) is 25.8. The van der Waals surface area contributed by atoms with Gasteiger partial charge >= 0.3 is 0 Å². The highest BCUT2D eigenvalue weighted by Gasteiger charge is 2.33. The quantitative estimate of drug-likeness (QED) is 0.141. The molecule has 7 heteroatoms. The van der Waals surface area contributed by atoms with Gasteiger partial charge in [-0.05, 0) is 92.6 Å². The Morgan fingerprint density at radius 3 is 1.30 bits per heavy atom. The third-order valence-corrected chi connectivity index (χ3v) is 15.9. The van der Waals surface area contributed by atoms with Crippen LogP contribution in [-0.2, 0) is 0 Å². The molecule has 16 rings (SSSR count). The van der Waals surface area contributed by atoms with Crippen molar-refractivity contribution in [2.45, 2.75) is 20.8 Å². The van der Waals surface area contributed by atoms with Gasteiger partial charge in [-0.1, -0.05) is 152 Å². The molecule has 0 atom stereocenters. The van der Waals surface area contributed by atoms with Crippen molar-refractivity contribution in [3.8, 4) is 0 Å². The third kappa shape index (κ3) is 5.71. The summed E-state index contributed by atoms with van der Waals surface area (Å²) in [6, 6.07) is 66.7. The third-order valence-electron chi connectivity index (χ3n) is 15.9. The molecule has 0 saturated heterocycles. The van der Waals surface area contributed by atoms with Crippen molar-refractivity contribution in [2.24, 2.45) is 0 Å². The van der Waals surface area contributed by atoms with E-state index in [9.17, 15) is 0 Å². The van der Waals surface area contributed by atoms with E-state index >= 15 is 0 Å². The normalized spacial score (nSPS) is 12.4. The second-order valence-electron chi connectivity index (χ2n) is 20.1. The Morgan fingerprint density at radius 1 is 0.368 bits per heavy atom. The Balaban J connectivity index is 1.12. The van der Waals surface area contributed by atoms with Crippen molar-refractivity contribution in [2.75, 3.05) is 9.80 Å². The minimum atomic E-state index is 0.763. The molecule has 7 nitrogen and oxygen atoms in total. The van der Waals surface area contributed by atoms with Gasteiger partial charge in [0.2, 0.25) is 0 Å². The summed E-state index contributed by atoms with van der Waals surface area (Å²) in [6.45, 7) is 10.6. The molecule has 0 bridgehead atoms. The van der Waals surface area contributed by atoms with Crippen molar-refractivity contribution in [3.05, 3.63) is 229 Å². The summed E-state index contributed by atoms with van der Waals surface area (Å²) in [5, 5.41) is 11.5. The molecule has 0 aliphatic rings. The van der Waals surface area contributed by atoms with Crippen LogP contribution in [0.3, 0.4) is 0 Å². The number of rotatable bonds is 8. The summed E-state index contributed by atoms with van der Waals surface area (Å²) < 4.78 is 30.8. The summed E-state index contributed by atoms with van der Waals surface area (Å²) in [5.41, 5.74) is 17.8. The fourth-order valence-electron chi connectivity index (χ4n) is 12.5. The summed E-state index contributed by atoms with van der Waals surface area (Å²) in [6.07, 6.45) is 5.75. The topological polar surface area (TPSA) is 63.5 Å². The second-order valence-corrected chi connectivity index (χ2v) is 20.1. The molecule has 0 unspecified atom stereocenters. The number of furan rings is 4. The van der Waals surface area contributed by atoms with Gasteiger partial charge in [-0.3, -0.25) is 0 Å². The van der Waals surface area contributed by atoms with E-state index in [1.807, 2.05) is 30.4 Å². The molecule has 6 aromatic heterocycles. The van der Waals surface area contributed by atoms with E-state index in [-0.39, 0.29) is 0 Å². The molecule has 360 valence electrons. The first-order valence-corrected chi connectivity index (χ1v) is 25.8. The molecule has 0 aliphatic carbocycles. The molecule has 16 aromatic rings. The summed E-state index contributed by atoms with van der Waals surface area (Å²) >= 11 is 0. The van der Waals surface area contributed by atoms with Crippen LogP contribution in [0.15, 0.2) is 224 Å². The molecule has 0 fully saturated rings. The zero-order valence-electron chi connectivity index (χ0n) is 41.8. The zero-order valence-corrected chi connectivity index (χ0v) is 41.8. The van der Waals surface area contributed by atoms with Crippen molar-refractivity contribution in [3.63, 3.8) is 0 Å². The van der Waals surface area contributed by atoms with E-state index in [1.165, 1.54) is 0 Å². The number of aromatic nitrogens is 1. The van der Waals surface area contributed by atoms with E-state index in [2.05, 4.69) is 211 Å². The van der Waals surface area contributed by atoms with Gasteiger partial charge < -0.3 is 31.9 Å². The summed E-state index contributed by atoms with van der Waals surface area (Å²) in [4.78, 5) is 4.82. The maximum absolute atomic E-state index is 7.24. The SMILES string of the molecule is C=C/C=C\c1oc2c(cc(N(c3ccccc3C)c3cccc4c3oc3ccccc34)c3c4cccc5c6c(N(c7ccccc7C)c7cccc8c7oc7ccccc78)cc7c8ccccc8oc7c6n(c45)c23)c1C. The predicted octanol–water partition coefficient (Wildman–Crippen LogP) is 20.3. The number of fused-ring (bicyclic) bond motifs is 18. The number of allylic oxidation sites excluding steroid dienone is 2. The summed E-state index contributed by atoms with van der Waals surface area (Å²) in [5.74, 6) is 0.763. The van der Waals surface area contributed by atoms with E-state index in [0.29, 0.717) is 0 Å². The molecule has 0 radical (unpaired) electrons. The van der Waals surface area contributed by atoms with E-state index in [0.717, 1.165) is 171 Å². The van der Waals surface area contributed by atoms with Gasteiger partial charge in [-0.15, -0.1) is 0 Å². The number of nitrogens with zero attached hydrogens (tertiary/aromatic N) is 3. The number of hydrogen-bond donors (Lipinski definition) is 0. The Morgan fingerprint density at radius 2 is 0.776 bits per heavy atom. The molecule has 76 heavy (non-hydrogen) atoms. The number of aryl methyl sites for hydroxylation is 3. The van der Waals surface area contributed by atoms with Crippen LogP contribution in [0.1, 0.15) is 22.5 Å². The van der Waals surface area contributed by atoms with Gasteiger partial charge in [0.1, 0.15) is 33.5 Å². The Kier molecular flexibility index (Phi) is 8.82. The van der Waals surface area contributed by atoms with Crippen molar-refractivity contribution in [1.29, 1.82) is 0 Å². The number of para-hydroxylation sites is 8. The van der Waals surface area contributed by atoms with Crippen LogP contribution in [0, 0.1) is 20.8 Å². The van der Waals surface area contributed by atoms with Gasteiger partial charge in [0.05, 0.1) is 28.3 Å². The van der Waals surface area contributed by atoms with E-state index in [1.54, 1.807) is 6.08 Å². The van der Waals surface area contributed by atoms with E-state index in [4.69, 9.17) is 17.7 Å². The first kappa shape index (κ1) is 42.5. The van der Waals surface area contributed by atoms with Gasteiger partial charge in [0.15, 0.2) is 22.3 Å². The van der Waals surface area contributed by atoms with Crippen molar-refractivity contribution in [1.82, 2.24) is 4.40 Å². The Bertz CT molecular complexity index is 5150. The fourth-order valence-corrected chi connectivity index (χ4v) is 12.5. The first-order chi connectivity index (χ1) is 37.4. The average molecular weight is 980 g/mol. The maximum atomic E-state index is 7.24. The highest BCUT2D eigenvalue weighted by atomic mass is 16.3. The second kappa shape index (κ2) is 15.8. The van der Waals surface area contributed by atoms with Gasteiger partial charge in [0, 0.05) is 76.2 Å². The lowest BCUT2D eigenvalue weighted by atomic mass is 9.99. The standard InChI is InChI=1S/C69H45N3O4/c1-5-6-33-57-41(4)49-37-55(70(51-29-12-7-20-39(51)2)53-31-18-25-45-42-22-9-14-34-58(42)74-66(45)53)61-47-27-17-28-48-62-56(38-50-44-24-11-16-36-60(44)76-69(50)65(62)72(63(47)48)64(61)68(49)73-57)71(52-30-13-8-21-40(52)3)54-32-19-26-46-43-23-10-15-35-59(43)75-67(46)54/h5-38H,1H2,2-4H3/b33-6-. The number of benzene rings is 10. The molecule has 6 heterocycles. The van der Waals surface area contributed by atoms with Crippen LogP contribution < -0.4 is 9.80 Å². The minimum absolute atomic E-state index is 0.763. The predicted molar refractivity (Wildman–Crippen MR) is 316 cm³/mol. The highest BCUT2D eigenvalue weighted by molar-refractivity contribution is 6.36. The van der Waals surface area contributed by atoms with Crippen molar-refractivity contribution < 1.29 is 17.7 Å². The molecule has 0 N–H and O–H groups in total. The Hall–Kier alpha value is -9.98. The molecule has 10 aromatic carbocycles. The molecular formula is C69H45N3O4. The smallest absolute Gasteiger partial charge is 0.160 e. The lowest BCUT2D eigenvalue weighted by molar-refractivity contribution is 0.603. The zero-order chi connectivity index (χ0) is 50.5. The minimum Gasteiger partial charge on any atom is -0.454 e. The van der Waals surface area contributed by atoms with Crippen LogP contribution in [0.5, 0.6) is 0 Å². The lowest BCUT2D eigenvalue weighted by Crippen LogP contribution is -2.12. The monoisotopic (exact) mass is 979 g/mol. The number of hydrogen-bond acceptors (Lipinski definition) is 6. The summed E-state index contributed by atoms with van der Waals surface area (Å²) in [7, 11) is 0. The van der Waals surface area contributed by atoms with Crippen LogP contribution in [0.4, 0.5) is 34.1 Å². The highest BCUT2D eigenvalue weighted by Crippen LogP contribution is 2.56. The van der Waals surface area contributed by atoms with E-state index < -0.39 is 0 Å². The lowest BCUT2D eigenvalue weighted by Gasteiger charge is -2.28. The molecule has 0 spiro atoms. The average Bonchev–Trinajstić information content (AvgIpc) is 4.36. The molecule has 0 saturated carbocycles. The molecule has 0 amide bonds. The van der Waals surface area contributed by atoms with Crippen LogP contribution in [0.2, 0.25) is 0 Å². The van der Waals surface area contributed by atoms with Crippen LogP contribution in [0.25, 0.3) is 121 Å². The van der Waals surface area contributed by atoms with Crippen LogP contribution in [-0.4, -0.2) is 4.40 Å². The fraction of sp³-hybridized carbons (Fsp3) is 0.0435. The van der Waals surface area contributed by atoms with Crippen LogP contribution >= 0.6 is 0 Å². The van der Waals surface area contributed by atoms with Gasteiger partial charge in [-0.25, -0.2) is 0 Å². The Labute approximate surface area is 434 Å². The largest absolute Gasteiger partial charge is 0.454 e. The maximum Gasteiger partial charge on any atom is 0.160 e. The van der Waals surface area contributed by atoms with Gasteiger partial charge in [0.25, 0.3) is 0 Å².